The second-order valence-corrected chi connectivity index (χ2v) is 4.22. The summed E-state index contributed by atoms with van der Waals surface area (Å²) in [5.74, 6) is 0.618. The lowest BCUT2D eigenvalue weighted by molar-refractivity contribution is -0.136. The first kappa shape index (κ1) is 16.1. The van der Waals surface area contributed by atoms with Gasteiger partial charge < -0.3 is 19.5 Å². The van der Waals surface area contributed by atoms with Gasteiger partial charge in [-0.15, -0.1) is 0 Å². The van der Waals surface area contributed by atoms with Crippen LogP contribution in [0.5, 0.6) is 11.5 Å². The van der Waals surface area contributed by atoms with E-state index in [2.05, 4.69) is 0 Å². The number of carboxylic acids is 1. The maximum Gasteiger partial charge on any atom is 0.305 e. The average Bonchev–Trinajstić information content (AvgIpc) is 2.42. The number of hydrogen-bond donors (Lipinski definition) is 1. The number of ether oxygens (including phenoxy) is 2. The summed E-state index contributed by atoms with van der Waals surface area (Å²) in [5.41, 5.74) is 0.945. The van der Waals surface area contributed by atoms with Crippen molar-refractivity contribution in [2.24, 2.45) is 0 Å². The molecular weight excluding hydrogens is 258 g/mol. The summed E-state index contributed by atoms with van der Waals surface area (Å²) < 4.78 is 11.1. The predicted octanol–water partition coefficient (Wildman–Crippen LogP) is 2.79. The van der Waals surface area contributed by atoms with E-state index in [0.717, 1.165) is 12.2 Å². The molecule has 0 bridgehead atoms. The molecule has 0 amide bonds. The maximum atomic E-state index is 10.7. The molecule has 1 rings (SSSR count). The van der Waals surface area contributed by atoms with Crippen LogP contribution in [0.3, 0.4) is 0 Å². The number of nitrogens with zero attached hydrogens (tertiary/aromatic N) is 1. The van der Waals surface area contributed by atoms with Crippen LogP contribution in [0, 0.1) is 0 Å². The molecule has 0 fully saturated rings. The minimum atomic E-state index is -0.792. The molecule has 1 aromatic carbocycles. The Morgan fingerprint density at radius 1 is 1.15 bits per heavy atom. The normalized spacial score (nSPS) is 10.2. The van der Waals surface area contributed by atoms with Gasteiger partial charge in [-0.25, -0.2) is 0 Å². The highest BCUT2D eigenvalue weighted by atomic mass is 16.5. The molecule has 0 saturated carbocycles. The van der Waals surface area contributed by atoms with Crippen LogP contribution in [0.25, 0.3) is 0 Å². The molecule has 0 aliphatic heterocycles. The van der Waals surface area contributed by atoms with Gasteiger partial charge in [0.15, 0.2) is 11.5 Å². The smallest absolute Gasteiger partial charge is 0.305 e. The van der Waals surface area contributed by atoms with Crippen molar-refractivity contribution in [1.82, 2.24) is 0 Å². The fourth-order valence-corrected chi connectivity index (χ4v) is 1.94. The number of aliphatic carboxylic acids is 1. The number of carbonyl (C=O) groups is 1. The molecule has 1 aromatic rings. The first-order chi connectivity index (χ1) is 9.62. The van der Waals surface area contributed by atoms with E-state index in [1.807, 2.05) is 43.9 Å². The van der Waals surface area contributed by atoms with Gasteiger partial charge in [0.05, 0.1) is 19.6 Å². The summed E-state index contributed by atoms with van der Waals surface area (Å²) in [5, 5.41) is 8.79. The number of hydrogen-bond acceptors (Lipinski definition) is 4. The molecule has 0 heterocycles. The van der Waals surface area contributed by atoms with Crippen molar-refractivity contribution < 1.29 is 19.4 Å². The van der Waals surface area contributed by atoms with Gasteiger partial charge in [0.1, 0.15) is 0 Å². The molecule has 1 N–H and O–H groups in total. The lowest BCUT2D eigenvalue weighted by Crippen LogP contribution is -2.25. The van der Waals surface area contributed by atoms with Crippen molar-refractivity contribution in [3.8, 4) is 11.5 Å². The minimum absolute atomic E-state index is 0.116. The molecule has 5 heteroatoms. The molecule has 0 aliphatic rings. The van der Waals surface area contributed by atoms with E-state index in [1.165, 1.54) is 0 Å². The van der Waals surface area contributed by atoms with Crippen LogP contribution in [0.15, 0.2) is 18.2 Å². The minimum Gasteiger partial charge on any atom is -0.490 e. The number of rotatable bonds is 9. The Hall–Kier alpha value is -1.91. The van der Waals surface area contributed by atoms with Gasteiger partial charge in [0, 0.05) is 24.8 Å². The number of benzene rings is 1. The molecule has 0 atom stereocenters. The van der Waals surface area contributed by atoms with Crippen molar-refractivity contribution in [2.45, 2.75) is 27.2 Å². The van der Waals surface area contributed by atoms with Crippen molar-refractivity contribution in [1.29, 1.82) is 0 Å². The zero-order valence-electron chi connectivity index (χ0n) is 12.4. The lowest BCUT2D eigenvalue weighted by atomic mass is 10.2. The van der Waals surface area contributed by atoms with E-state index in [0.29, 0.717) is 31.3 Å². The Bertz CT molecular complexity index is 434. The third-order valence-electron chi connectivity index (χ3n) is 2.87. The predicted molar refractivity (Wildman–Crippen MR) is 78.9 cm³/mol. The number of carboxylic acid groups (broad SMARTS) is 1. The van der Waals surface area contributed by atoms with E-state index in [9.17, 15) is 4.79 Å². The van der Waals surface area contributed by atoms with E-state index in [4.69, 9.17) is 14.6 Å². The van der Waals surface area contributed by atoms with Gasteiger partial charge >= 0.3 is 5.97 Å². The molecule has 112 valence electrons. The molecule has 5 nitrogen and oxygen atoms in total. The fourth-order valence-electron chi connectivity index (χ4n) is 1.94. The first-order valence-electron chi connectivity index (χ1n) is 6.98. The quantitative estimate of drug-likeness (QED) is 0.754. The highest BCUT2D eigenvalue weighted by Crippen LogP contribution is 2.32. The van der Waals surface area contributed by atoms with E-state index < -0.39 is 5.97 Å². The zero-order valence-corrected chi connectivity index (χ0v) is 12.4. The zero-order chi connectivity index (χ0) is 15.0. The molecule has 0 aromatic heterocycles. The van der Waals surface area contributed by atoms with Crippen LogP contribution >= 0.6 is 0 Å². The fraction of sp³-hybridized carbons (Fsp3) is 0.533. The Balaban J connectivity index is 2.92. The standard InChI is InChI=1S/C15H23NO4/c1-4-16(10-9-15(17)18)12-7-8-13(19-5-2)14(11-12)20-6-3/h7-8,11H,4-6,9-10H2,1-3H3,(H,17,18). The van der Waals surface area contributed by atoms with Crippen LogP contribution in [-0.4, -0.2) is 37.4 Å². The van der Waals surface area contributed by atoms with Crippen molar-refractivity contribution in [2.75, 3.05) is 31.2 Å². The van der Waals surface area contributed by atoms with Crippen LogP contribution in [0.1, 0.15) is 27.2 Å². The van der Waals surface area contributed by atoms with Crippen molar-refractivity contribution in [3.05, 3.63) is 18.2 Å². The second-order valence-electron chi connectivity index (χ2n) is 4.22. The summed E-state index contributed by atoms with van der Waals surface area (Å²) in [6.07, 6.45) is 0.116. The summed E-state index contributed by atoms with van der Waals surface area (Å²) in [7, 11) is 0. The highest BCUT2D eigenvalue weighted by Gasteiger charge is 2.11. The summed E-state index contributed by atoms with van der Waals surface area (Å²) in [4.78, 5) is 12.7. The largest absolute Gasteiger partial charge is 0.490 e. The highest BCUT2D eigenvalue weighted by molar-refractivity contribution is 5.68. The van der Waals surface area contributed by atoms with Crippen LogP contribution in [0.4, 0.5) is 5.69 Å². The third kappa shape index (κ3) is 4.64. The molecule has 20 heavy (non-hydrogen) atoms. The van der Waals surface area contributed by atoms with E-state index in [1.54, 1.807) is 0 Å². The van der Waals surface area contributed by atoms with Crippen LogP contribution < -0.4 is 14.4 Å². The SMILES string of the molecule is CCOc1ccc(N(CC)CCC(=O)O)cc1OCC. The summed E-state index contributed by atoms with van der Waals surface area (Å²) >= 11 is 0. The molecule has 0 aliphatic carbocycles. The average molecular weight is 281 g/mol. The van der Waals surface area contributed by atoms with Gasteiger partial charge in [-0.05, 0) is 32.9 Å². The van der Waals surface area contributed by atoms with E-state index in [-0.39, 0.29) is 6.42 Å². The Morgan fingerprint density at radius 2 is 1.80 bits per heavy atom. The van der Waals surface area contributed by atoms with Crippen molar-refractivity contribution in [3.63, 3.8) is 0 Å². The first-order valence-corrected chi connectivity index (χ1v) is 6.98. The monoisotopic (exact) mass is 281 g/mol. The lowest BCUT2D eigenvalue weighted by Gasteiger charge is -2.23. The summed E-state index contributed by atoms with van der Waals surface area (Å²) in [6, 6.07) is 5.70. The van der Waals surface area contributed by atoms with Gasteiger partial charge in [0.2, 0.25) is 0 Å². The van der Waals surface area contributed by atoms with Gasteiger partial charge in [0.25, 0.3) is 0 Å². The van der Waals surface area contributed by atoms with Gasteiger partial charge in [-0.3, -0.25) is 4.79 Å². The van der Waals surface area contributed by atoms with Crippen molar-refractivity contribution >= 4 is 11.7 Å². The van der Waals surface area contributed by atoms with Crippen LogP contribution in [0.2, 0.25) is 0 Å². The molecular formula is C15H23NO4. The van der Waals surface area contributed by atoms with Gasteiger partial charge in [-0.2, -0.15) is 0 Å². The van der Waals surface area contributed by atoms with E-state index >= 15 is 0 Å². The van der Waals surface area contributed by atoms with Gasteiger partial charge in [-0.1, -0.05) is 0 Å². The maximum absolute atomic E-state index is 10.7. The molecule has 0 saturated heterocycles. The molecule has 0 spiro atoms. The Kier molecular flexibility index (Phi) is 6.70. The van der Waals surface area contributed by atoms with Crippen LogP contribution in [-0.2, 0) is 4.79 Å². The molecule has 0 radical (unpaired) electrons. The second kappa shape index (κ2) is 8.30. The summed E-state index contributed by atoms with van der Waals surface area (Å²) in [6.45, 7) is 8.21. The molecule has 0 unspecified atom stereocenters. The Morgan fingerprint density at radius 3 is 2.35 bits per heavy atom. The third-order valence-corrected chi connectivity index (χ3v) is 2.87. The topological polar surface area (TPSA) is 59.0 Å². The Labute approximate surface area is 120 Å². The number of anilines is 1.